The predicted molar refractivity (Wildman–Crippen MR) is 91.2 cm³/mol. The molecule has 1 saturated carbocycles. The third-order valence-corrected chi connectivity index (χ3v) is 5.27. The Morgan fingerprint density at radius 3 is 2.76 bits per heavy atom. The summed E-state index contributed by atoms with van der Waals surface area (Å²) in [6.07, 6.45) is 9.19. The lowest BCUT2D eigenvalue weighted by Crippen LogP contribution is -2.20. The lowest BCUT2D eigenvalue weighted by atomic mass is 9.96. The van der Waals surface area contributed by atoms with Crippen molar-refractivity contribution >= 4 is 22.7 Å². The number of aromatic nitrogens is 1. The van der Waals surface area contributed by atoms with E-state index in [1.165, 1.54) is 36.2 Å². The molecule has 0 aromatic carbocycles. The molecule has 0 saturated heterocycles. The fraction of sp³-hybridized carbons (Fsp3) is 0.471. The summed E-state index contributed by atoms with van der Waals surface area (Å²) in [5.41, 5.74) is 2.33. The third kappa shape index (κ3) is 3.21. The van der Waals surface area contributed by atoms with Crippen LogP contribution in [0.15, 0.2) is 36.0 Å². The van der Waals surface area contributed by atoms with Crippen LogP contribution in [0.25, 0.3) is 0 Å². The maximum Gasteiger partial charge on any atom is 0.0769 e. The Morgan fingerprint density at radius 1 is 1.29 bits per heavy atom. The molecule has 0 bridgehead atoms. The van der Waals surface area contributed by atoms with Gasteiger partial charge in [0, 0.05) is 25.2 Å². The van der Waals surface area contributed by atoms with Gasteiger partial charge in [0.05, 0.1) is 23.6 Å². The molecule has 1 atom stereocenters. The zero-order chi connectivity index (χ0) is 14.7. The summed E-state index contributed by atoms with van der Waals surface area (Å²) in [6, 6.07) is 6.89. The summed E-state index contributed by atoms with van der Waals surface area (Å²) in [5.74, 6) is 0.735. The third-order valence-electron chi connectivity index (χ3n) is 4.31. The Kier molecular flexibility index (Phi) is 4.44. The molecule has 3 nitrogen and oxygen atoms in total. The molecule has 1 N–H and O–H groups in total. The van der Waals surface area contributed by atoms with Gasteiger partial charge < -0.3 is 10.2 Å². The second-order valence-corrected chi connectivity index (χ2v) is 6.95. The van der Waals surface area contributed by atoms with Crippen LogP contribution in [0.5, 0.6) is 0 Å². The van der Waals surface area contributed by atoms with E-state index in [0.717, 1.165) is 11.6 Å². The second-order valence-electron chi connectivity index (χ2n) is 5.97. The van der Waals surface area contributed by atoms with Crippen molar-refractivity contribution in [3.05, 3.63) is 40.8 Å². The van der Waals surface area contributed by atoms with Crippen molar-refractivity contribution in [2.75, 3.05) is 24.3 Å². The fourth-order valence-corrected chi connectivity index (χ4v) is 4.11. The predicted octanol–water partition coefficient (Wildman–Crippen LogP) is 4.55. The van der Waals surface area contributed by atoms with Gasteiger partial charge in [-0.1, -0.05) is 18.9 Å². The summed E-state index contributed by atoms with van der Waals surface area (Å²) in [4.78, 5) is 7.89. The number of hydrogen-bond acceptors (Lipinski definition) is 4. The molecule has 21 heavy (non-hydrogen) atoms. The maximum absolute atomic E-state index is 4.30. The van der Waals surface area contributed by atoms with E-state index >= 15 is 0 Å². The maximum atomic E-state index is 4.30. The number of nitrogens with zero attached hydrogens (tertiary/aromatic N) is 2. The van der Waals surface area contributed by atoms with Crippen LogP contribution in [0.1, 0.15) is 36.6 Å². The minimum atomic E-state index is 0.412. The van der Waals surface area contributed by atoms with Gasteiger partial charge in [-0.25, -0.2) is 0 Å². The molecule has 1 aliphatic rings. The van der Waals surface area contributed by atoms with Crippen LogP contribution in [-0.2, 0) is 0 Å². The van der Waals surface area contributed by atoms with E-state index in [2.05, 4.69) is 52.9 Å². The van der Waals surface area contributed by atoms with Crippen molar-refractivity contribution in [3.8, 4) is 0 Å². The largest absolute Gasteiger partial charge is 0.376 e. The van der Waals surface area contributed by atoms with Crippen LogP contribution in [0.3, 0.4) is 0 Å². The highest BCUT2D eigenvalue weighted by atomic mass is 32.1. The Hall–Kier alpha value is -1.55. The Bertz CT molecular complexity index is 559. The summed E-state index contributed by atoms with van der Waals surface area (Å²) >= 11 is 1.85. The summed E-state index contributed by atoms with van der Waals surface area (Å²) in [7, 11) is 4.16. The zero-order valence-electron chi connectivity index (χ0n) is 12.7. The van der Waals surface area contributed by atoms with Crippen molar-refractivity contribution in [1.82, 2.24) is 4.98 Å². The fourth-order valence-electron chi connectivity index (χ4n) is 3.24. The van der Waals surface area contributed by atoms with Gasteiger partial charge in [-0.15, -0.1) is 11.3 Å². The highest BCUT2D eigenvalue weighted by Crippen LogP contribution is 2.40. The molecular formula is C17H23N3S. The van der Waals surface area contributed by atoms with Gasteiger partial charge in [-0.2, -0.15) is 0 Å². The van der Waals surface area contributed by atoms with E-state index in [0.29, 0.717) is 6.04 Å². The number of hydrogen-bond donors (Lipinski definition) is 1. The first-order valence-corrected chi connectivity index (χ1v) is 8.55. The summed E-state index contributed by atoms with van der Waals surface area (Å²) < 4.78 is 0. The van der Waals surface area contributed by atoms with Crippen LogP contribution in [0.4, 0.5) is 11.4 Å². The molecule has 2 heterocycles. The van der Waals surface area contributed by atoms with Crippen LogP contribution >= 0.6 is 11.3 Å². The SMILES string of the molecule is CN(C)c1ccncc1NC(c1cccs1)C1CCCC1. The number of rotatable bonds is 5. The zero-order valence-corrected chi connectivity index (χ0v) is 13.6. The van der Waals surface area contributed by atoms with Gasteiger partial charge in [0.15, 0.2) is 0 Å². The second kappa shape index (κ2) is 6.48. The van der Waals surface area contributed by atoms with Crippen molar-refractivity contribution in [1.29, 1.82) is 0 Å². The molecule has 3 rings (SSSR count). The van der Waals surface area contributed by atoms with Crippen molar-refractivity contribution in [3.63, 3.8) is 0 Å². The molecule has 0 aliphatic heterocycles. The van der Waals surface area contributed by atoms with E-state index in [4.69, 9.17) is 0 Å². The van der Waals surface area contributed by atoms with E-state index in [1.807, 2.05) is 23.7 Å². The van der Waals surface area contributed by atoms with E-state index < -0.39 is 0 Å². The molecule has 1 unspecified atom stereocenters. The molecule has 112 valence electrons. The number of thiophene rings is 1. The first kappa shape index (κ1) is 14.4. The standard InChI is InChI=1S/C17H23N3S/c1-20(2)15-9-10-18-12-14(15)19-17(13-6-3-4-7-13)16-8-5-11-21-16/h5,8-13,17,19H,3-4,6-7H2,1-2H3. The molecular weight excluding hydrogens is 278 g/mol. The van der Waals surface area contributed by atoms with Crippen molar-refractivity contribution in [2.45, 2.75) is 31.7 Å². The summed E-state index contributed by atoms with van der Waals surface area (Å²) in [6.45, 7) is 0. The first-order chi connectivity index (χ1) is 10.3. The number of anilines is 2. The van der Waals surface area contributed by atoms with Gasteiger partial charge in [0.1, 0.15) is 0 Å². The Morgan fingerprint density at radius 2 is 2.10 bits per heavy atom. The van der Waals surface area contributed by atoms with Crippen LogP contribution in [0, 0.1) is 5.92 Å². The summed E-state index contributed by atoms with van der Waals surface area (Å²) in [5, 5.41) is 5.96. The molecule has 0 amide bonds. The van der Waals surface area contributed by atoms with E-state index in [-0.39, 0.29) is 0 Å². The van der Waals surface area contributed by atoms with E-state index in [1.54, 1.807) is 0 Å². The van der Waals surface area contributed by atoms with Crippen LogP contribution < -0.4 is 10.2 Å². The molecule has 0 radical (unpaired) electrons. The van der Waals surface area contributed by atoms with Gasteiger partial charge in [0.25, 0.3) is 0 Å². The van der Waals surface area contributed by atoms with Crippen LogP contribution in [-0.4, -0.2) is 19.1 Å². The van der Waals surface area contributed by atoms with Gasteiger partial charge in [-0.05, 0) is 36.3 Å². The van der Waals surface area contributed by atoms with Crippen molar-refractivity contribution < 1.29 is 0 Å². The molecule has 1 fully saturated rings. The quantitative estimate of drug-likeness (QED) is 0.878. The molecule has 2 aromatic rings. The number of pyridine rings is 1. The minimum Gasteiger partial charge on any atom is -0.376 e. The van der Waals surface area contributed by atoms with Crippen LogP contribution in [0.2, 0.25) is 0 Å². The lowest BCUT2D eigenvalue weighted by molar-refractivity contribution is 0.475. The number of nitrogens with one attached hydrogen (secondary N) is 1. The minimum absolute atomic E-state index is 0.412. The highest BCUT2D eigenvalue weighted by Gasteiger charge is 2.27. The monoisotopic (exact) mass is 301 g/mol. The first-order valence-electron chi connectivity index (χ1n) is 7.67. The van der Waals surface area contributed by atoms with Gasteiger partial charge in [0.2, 0.25) is 0 Å². The average molecular weight is 301 g/mol. The molecule has 2 aromatic heterocycles. The molecule has 4 heteroatoms. The highest BCUT2D eigenvalue weighted by molar-refractivity contribution is 7.10. The Balaban J connectivity index is 1.88. The average Bonchev–Trinajstić information content (AvgIpc) is 3.18. The molecule has 0 spiro atoms. The normalized spacial score (nSPS) is 16.9. The lowest BCUT2D eigenvalue weighted by Gasteiger charge is -2.27. The van der Waals surface area contributed by atoms with Gasteiger partial charge >= 0.3 is 0 Å². The Labute approximate surface area is 131 Å². The molecule has 1 aliphatic carbocycles. The van der Waals surface area contributed by atoms with E-state index in [9.17, 15) is 0 Å². The van der Waals surface area contributed by atoms with Crippen molar-refractivity contribution in [2.24, 2.45) is 5.92 Å². The smallest absolute Gasteiger partial charge is 0.0769 e. The van der Waals surface area contributed by atoms with Gasteiger partial charge in [-0.3, -0.25) is 4.98 Å². The topological polar surface area (TPSA) is 28.2 Å².